The van der Waals surface area contributed by atoms with Crippen LogP contribution in [0.1, 0.15) is 43.6 Å². The number of benzene rings is 1. The lowest BCUT2D eigenvalue weighted by Gasteiger charge is -2.12. The van der Waals surface area contributed by atoms with E-state index in [1.807, 2.05) is 32.9 Å². The largest absolute Gasteiger partial charge is 0.489 e. The standard InChI is InChI=1S/C18H24O3/c1-6-20-18(19)16-9-10-17(21-12-14(4)5)15(11-16)8-7-13(2)3/h7,9-11H,4,6,8,12H2,1-3,5H3. The predicted octanol–water partition coefficient (Wildman–Crippen LogP) is 4.33. The van der Waals surface area contributed by atoms with Crippen LogP contribution in [0.15, 0.2) is 42.0 Å². The van der Waals surface area contributed by atoms with Crippen LogP contribution in [0.3, 0.4) is 0 Å². The molecule has 0 aliphatic heterocycles. The number of esters is 1. The van der Waals surface area contributed by atoms with E-state index in [1.165, 1.54) is 5.57 Å². The molecule has 0 saturated heterocycles. The Labute approximate surface area is 127 Å². The van der Waals surface area contributed by atoms with Gasteiger partial charge in [0.05, 0.1) is 12.2 Å². The lowest BCUT2D eigenvalue weighted by molar-refractivity contribution is 0.0526. The Morgan fingerprint density at radius 1 is 1.29 bits per heavy atom. The summed E-state index contributed by atoms with van der Waals surface area (Å²) in [6.45, 7) is 12.5. The van der Waals surface area contributed by atoms with Crippen LogP contribution < -0.4 is 4.74 Å². The molecule has 1 rings (SSSR count). The Hall–Kier alpha value is -2.03. The third-order valence-electron chi connectivity index (χ3n) is 2.78. The van der Waals surface area contributed by atoms with E-state index in [9.17, 15) is 4.79 Å². The minimum Gasteiger partial charge on any atom is -0.489 e. The van der Waals surface area contributed by atoms with Gasteiger partial charge in [-0.3, -0.25) is 0 Å². The summed E-state index contributed by atoms with van der Waals surface area (Å²) in [5, 5.41) is 0. The molecule has 0 amide bonds. The Kier molecular flexibility index (Phi) is 6.73. The van der Waals surface area contributed by atoms with Crippen LogP contribution in [-0.2, 0) is 11.2 Å². The third kappa shape index (κ3) is 5.86. The molecule has 0 unspecified atom stereocenters. The van der Waals surface area contributed by atoms with Crippen LogP contribution in [0, 0.1) is 0 Å². The van der Waals surface area contributed by atoms with Crippen molar-refractivity contribution in [3.8, 4) is 5.75 Å². The van der Waals surface area contributed by atoms with Gasteiger partial charge in [0, 0.05) is 0 Å². The van der Waals surface area contributed by atoms with Gasteiger partial charge in [0.25, 0.3) is 0 Å². The summed E-state index contributed by atoms with van der Waals surface area (Å²) in [7, 11) is 0. The number of hydrogen-bond acceptors (Lipinski definition) is 3. The lowest BCUT2D eigenvalue weighted by Crippen LogP contribution is -2.07. The first-order valence-electron chi connectivity index (χ1n) is 7.14. The van der Waals surface area contributed by atoms with Crippen molar-refractivity contribution >= 4 is 5.97 Å². The molecule has 0 aliphatic rings. The molecule has 1 aromatic rings. The number of carbonyl (C=O) groups is 1. The van der Waals surface area contributed by atoms with Gasteiger partial charge in [-0.15, -0.1) is 0 Å². The molecular weight excluding hydrogens is 264 g/mol. The quantitative estimate of drug-likeness (QED) is 0.553. The molecule has 0 bridgehead atoms. The molecule has 114 valence electrons. The van der Waals surface area contributed by atoms with Gasteiger partial charge in [0.2, 0.25) is 0 Å². The third-order valence-corrected chi connectivity index (χ3v) is 2.78. The molecule has 0 atom stereocenters. The van der Waals surface area contributed by atoms with Crippen LogP contribution in [0.2, 0.25) is 0 Å². The van der Waals surface area contributed by atoms with Gasteiger partial charge in [0.1, 0.15) is 12.4 Å². The molecule has 0 saturated carbocycles. The topological polar surface area (TPSA) is 35.5 Å². The maximum absolute atomic E-state index is 11.8. The van der Waals surface area contributed by atoms with Crippen molar-refractivity contribution in [3.63, 3.8) is 0 Å². The van der Waals surface area contributed by atoms with Crippen LogP contribution in [0.25, 0.3) is 0 Å². The van der Waals surface area contributed by atoms with Gasteiger partial charge in [-0.05, 0) is 63.5 Å². The number of carbonyl (C=O) groups excluding carboxylic acids is 1. The fraction of sp³-hybridized carbons (Fsp3) is 0.389. The Bertz CT molecular complexity index is 537. The molecule has 0 N–H and O–H groups in total. The van der Waals surface area contributed by atoms with Crippen molar-refractivity contribution in [2.45, 2.75) is 34.1 Å². The number of rotatable bonds is 7. The highest BCUT2D eigenvalue weighted by molar-refractivity contribution is 5.89. The molecule has 0 radical (unpaired) electrons. The molecular formula is C18H24O3. The molecule has 0 aliphatic carbocycles. The highest BCUT2D eigenvalue weighted by Gasteiger charge is 2.11. The van der Waals surface area contributed by atoms with E-state index in [-0.39, 0.29) is 5.97 Å². The van der Waals surface area contributed by atoms with Crippen LogP contribution in [0.5, 0.6) is 5.75 Å². The van der Waals surface area contributed by atoms with E-state index in [4.69, 9.17) is 9.47 Å². The lowest BCUT2D eigenvalue weighted by atomic mass is 10.1. The second-order valence-electron chi connectivity index (χ2n) is 5.27. The van der Waals surface area contributed by atoms with Crippen molar-refractivity contribution in [3.05, 3.63) is 53.1 Å². The van der Waals surface area contributed by atoms with Crippen molar-refractivity contribution in [2.75, 3.05) is 13.2 Å². The molecule has 0 fully saturated rings. The van der Waals surface area contributed by atoms with Crippen LogP contribution in [-0.4, -0.2) is 19.2 Å². The fourth-order valence-electron chi connectivity index (χ4n) is 1.74. The van der Waals surface area contributed by atoms with Gasteiger partial charge in [-0.1, -0.05) is 18.2 Å². The average Bonchev–Trinajstić information content (AvgIpc) is 2.43. The zero-order valence-corrected chi connectivity index (χ0v) is 13.4. The average molecular weight is 288 g/mol. The van der Waals surface area contributed by atoms with Crippen molar-refractivity contribution < 1.29 is 14.3 Å². The molecule has 0 spiro atoms. The minimum absolute atomic E-state index is 0.303. The first-order chi connectivity index (χ1) is 9.93. The number of hydrogen-bond donors (Lipinski definition) is 0. The first kappa shape index (κ1) is 17.0. The normalized spacial score (nSPS) is 9.90. The smallest absolute Gasteiger partial charge is 0.338 e. The molecule has 0 aromatic heterocycles. The Morgan fingerprint density at radius 2 is 2.00 bits per heavy atom. The minimum atomic E-state index is -0.303. The second-order valence-corrected chi connectivity index (χ2v) is 5.27. The maximum Gasteiger partial charge on any atom is 0.338 e. The van der Waals surface area contributed by atoms with E-state index in [2.05, 4.69) is 12.7 Å². The van der Waals surface area contributed by atoms with Crippen molar-refractivity contribution in [1.82, 2.24) is 0 Å². The van der Waals surface area contributed by atoms with Gasteiger partial charge < -0.3 is 9.47 Å². The van der Waals surface area contributed by atoms with Gasteiger partial charge in [-0.2, -0.15) is 0 Å². The molecule has 21 heavy (non-hydrogen) atoms. The molecule has 0 heterocycles. The number of allylic oxidation sites excluding steroid dienone is 2. The predicted molar refractivity (Wildman–Crippen MR) is 85.8 cm³/mol. The summed E-state index contributed by atoms with van der Waals surface area (Å²) >= 11 is 0. The van der Waals surface area contributed by atoms with E-state index >= 15 is 0 Å². The summed E-state index contributed by atoms with van der Waals surface area (Å²) in [4.78, 5) is 11.8. The highest BCUT2D eigenvalue weighted by atomic mass is 16.5. The Morgan fingerprint density at radius 3 is 2.57 bits per heavy atom. The maximum atomic E-state index is 11.8. The molecule has 3 heteroatoms. The second kappa shape index (κ2) is 8.30. The summed E-state index contributed by atoms with van der Waals surface area (Å²) in [6.07, 6.45) is 2.83. The Balaban J connectivity index is 3.03. The van der Waals surface area contributed by atoms with Crippen molar-refractivity contribution in [2.24, 2.45) is 0 Å². The van der Waals surface area contributed by atoms with Crippen LogP contribution in [0.4, 0.5) is 0 Å². The SMILES string of the molecule is C=C(C)COc1ccc(C(=O)OCC)cc1CC=C(C)C. The summed E-state index contributed by atoms with van der Waals surface area (Å²) in [5.41, 5.74) is 3.71. The van der Waals surface area contributed by atoms with Gasteiger partial charge >= 0.3 is 5.97 Å². The van der Waals surface area contributed by atoms with E-state index in [0.717, 1.165) is 23.3 Å². The summed E-state index contributed by atoms with van der Waals surface area (Å²) in [5.74, 6) is 0.478. The summed E-state index contributed by atoms with van der Waals surface area (Å²) < 4.78 is 10.8. The zero-order valence-electron chi connectivity index (χ0n) is 13.4. The molecule has 1 aromatic carbocycles. The summed E-state index contributed by atoms with van der Waals surface area (Å²) in [6, 6.07) is 5.40. The van der Waals surface area contributed by atoms with Gasteiger partial charge in [-0.25, -0.2) is 4.79 Å². The van der Waals surface area contributed by atoms with E-state index in [0.29, 0.717) is 18.8 Å². The van der Waals surface area contributed by atoms with E-state index < -0.39 is 0 Å². The fourth-order valence-corrected chi connectivity index (χ4v) is 1.74. The van der Waals surface area contributed by atoms with Gasteiger partial charge in [0.15, 0.2) is 0 Å². The monoisotopic (exact) mass is 288 g/mol. The number of ether oxygens (including phenoxy) is 2. The van der Waals surface area contributed by atoms with Crippen molar-refractivity contribution in [1.29, 1.82) is 0 Å². The van der Waals surface area contributed by atoms with Crippen LogP contribution >= 0.6 is 0 Å². The zero-order chi connectivity index (χ0) is 15.8. The highest BCUT2D eigenvalue weighted by Crippen LogP contribution is 2.23. The molecule has 3 nitrogen and oxygen atoms in total. The first-order valence-corrected chi connectivity index (χ1v) is 7.14. The van der Waals surface area contributed by atoms with E-state index in [1.54, 1.807) is 13.0 Å².